The second-order valence-corrected chi connectivity index (χ2v) is 7.19. The Kier molecular flexibility index (Phi) is 4.17. The molecule has 24 heavy (non-hydrogen) atoms. The van der Waals surface area contributed by atoms with Gasteiger partial charge in [0, 0.05) is 36.9 Å². The van der Waals surface area contributed by atoms with Crippen LogP contribution < -0.4 is 10.2 Å². The van der Waals surface area contributed by atoms with E-state index < -0.39 is 0 Å². The lowest BCUT2D eigenvalue weighted by molar-refractivity contribution is 0.0390. The number of carbonyl (C=O) groups excluding carboxylic acids is 2. The van der Waals surface area contributed by atoms with Crippen LogP contribution >= 0.6 is 0 Å². The second kappa shape index (κ2) is 6.46. The molecule has 1 aliphatic carbocycles. The molecule has 0 radical (unpaired) electrons. The van der Waals surface area contributed by atoms with Crippen LogP contribution in [0.5, 0.6) is 0 Å². The van der Waals surface area contributed by atoms with Gasteiger partial charge in [0.2, 0.25) is 0 Å². The molecule has 1 saturated carbocycles. The molecule has 2 atom stereocenters. The first kappa shape index (κ1) is 15.5. The third-order valence-corrected chi connectivity index (χ3v) is 5.77. The number of urea groups is 1. The molecule has 3 aliphatic rings. The lowest BCUT2D eigenvalue weighted by Gasteiger charge is -2.44. The minimum Gasteiger partial charge on any atom is -0.336 e. The largest absolute Gasteiger partial charge is 0.336 e. The summed E-state index contributed by atoms with van der Waals surface area (Å²) in [6, 6.07) is 7.88. The fraction of sp³-hybridized carbons (Fsp3) is 0.579. The van der Waals surface area contributed by atoms with Crippen LogP contribution in [0.4, 0.5) is 10.5 Å². The molecular formula is C19H25N3O2. The van der Waals surface area contributed by atoms with E-state index in [4.69, 9.17) is 0 Å². The molecule has 5 heteroatoms. The minimum atomic E-state index is -0.0788. The van der Waals surface area contributed by atoms with Crippen LogP contribution in [-0.4, -0.2) is 42.5 Å². The van der Waals surface area contributed by atoms with Gasteiger partial charge in [-0.25, -0.2) is 4.79 Å². The van der Waals surface area contributed by atoms with E-state index in [0.29, 0.717) is 30.6 Å². The smallest absolute Gasteiger partial charge is 0.321 e. The van der Waals surface area contributed by atoms with Crippen LogP contribution in [0.3, 0.4) is 0 Å². The predicted octanol–water partition coefficient (Wildman–Crippen LogP) is 3.01. The van der Waals surface area contributed by atoms with E-state index in [-0.39, 0.29) is 11.9 Å². The second-order valence-electron chi connectivity index (χ2n) is 7.19. The van der Waals surface area contributed by atoms with Crippen molar-refractivity contribution in [1.82, 2.24) is 10.2 Å². The van der Waals surface area contributed by atoms with Crippen molar-refractivity contribution in [3.63, 3.8) is 0 Å². The number of nitrogens with one attached hydrogen (secondary N) is 1. The van der Waals surface area contributed by atoms with Gasteiger partial charge in [-0.1, -0.05) is 18.9 Å². The summed E-state index contributed by atoms with van der Waals surface area (Å²) >= 11 is 0. The van der Waals surface area contributed by atoms with Crippen LogP contribution in [0.25, 0.3) is 0 Å². The number of amides is 3. The van der Waals surface area contributed by atoms with Gasteiger partial charge in [0.25, 0.3) is 5.91 Å². The quantitative estimate of drug-likeness (QED) is 0.908. The van der Waals surface area contributed by atoms with Crippen LogP contribution in [0, 0.1) is 5.92 Å². The average molecular weight is 327 g/mol. The molecule has 2 heterocycles. The maximum atomic E-state index is 13.1. The molecule has 4 rings (SSSR count). The standard InChI is InChI=1S/C19H25N3O2/c23-18(22-11-4-7-14-5-1-2-9-17(14)22)15-6-3-8-16(13-15)21-12-10-20-19(21)24/h3,6,8,13-14,17H,1-2,4-5,7,9-12H2,(H,20,24)/t14-,17-/m1/s1. The zero-order valence-electron chi connectivity index (χ0n) is 14.0. The number of piperidine rings is 1. The zero-order valence-corrected chi connectivity index (χ0v) is 14.0. The lowest BCUT2D eigenvalue weighted by Crippen LogP contribution is -2.49. The molecule has 128 valence electrons. The maximum absolute atomic E-state index is 13.1. The highest BCUT2D eigenvalue weighted by atomic mass is 16.2. The molecule has 1 aromatic rings. The maximum Gasteiger partial charge on any atom is 0.321 e. The fourth-order valence-corrected chi connectivity index (χ4v) is 4.57. The van der Waals surface area contributed by atoms with E-state index >= 15 is 0 Å². The summed E-state index contributed by atoms with van der Waals surface area (Å²) in [5, 5.41) is 2.81. The molecule has 0 unspecified atom stereocenters. The van der Waals surface area contributed by atoms with Gasteiger partial charge in [-0.05, 0) is 49.8 Å². The Hall–Kier alpha value is -2.04. The van der Waals surface area contributed by atoms with E-state index in [1.54, 1.807) is 4.90 Å². The van der Waals surface area contributed by atoms with E-state index in [1.807, 2.05) is 24.3 Å². The van der Waals surface area contributed by atoms with E-state index in [2.05, 4.69) is 10.2 Å². The highest BCUT2D eigenvalue weighted by Crippen LogP contribution is 2.36. The number of hydrogen-bond donors (Lipinski definition) is 1. The van der Waals surface area contributed by atoms with Crippen molar-refractivity contribution in [3.8, 4) is 0 Å². The van der Waals surface area contributed by atoms with E-state index in [0.717, 1.165) is 25.1 Å². The first-order valence-electron chi connectivity index (χ1n) is 9.20. The van der Waals surface area contributed by atoms with Gasteiger partial charge in [-0.15, -0.1) is 0 Å². The molecule has 2 saturated heterocycles. The fourth-order valence-electron chi connectivity index (χ4n) is 4.57. The molecule has 3 fully saturated rings. The summed E-state index contributed by atoms with van der Waals surface area (Å²) in [6.45, 7) is 2.19. The van der Waals surface area contributed by atoms with E-state index in [9.17, 15) is 9.59 Å². The van der Waals surface area contributed by atoms with Crippen molar-refractivity contribution >= 4 is 17.6 Å². The monoisotopic (exact) mass is 327 g/mol. The molecule has 1 aromatic carbocycles. The Labute approximate surface area is 143 Å². The van der Waals surface area contributed by atoms with Gasteiger partial charge in [0.15, 0.2) is 0 Å². The van der Waals surface area contributed by atoms with Crippen LogP contribution in [-0.2, 0) is 0 Å². The Morgan fingerprint density at radius 1 is 1.08 bits per heavy atom. The van der Waals surface area contributed by atoms with Crippen molar-refractivity contribution in [1.29, 1.82) is 0 Å². The predicted molar refractivity (Wildman–Crippen MR) is 93.2 cm³/mol. The Morgan fingerprint density at radius 3 is 2.75 bits per heavy atom. The van der Waals surface area contributed by atoms with Gasteiger partial charge in [0.05, 0.1) is 0 Å². The molecule has 0 bridgehead atoms. The molecule has 2 aliphatic heterocycles. The summed E-state index contributed by atoms with van der Waals surface area (Å²) in [6.07, 6.45) is 7.33. The van der Waals surface area contributed by atoms with Crippen molar-refractivity contribution in [2.45, 2.75) is 44.6 Å². The molecule has 5 nitrogen and oxygen atoms in total. The molecule has 0 spiro atoms. The molecule has 3 amide bonds. The number of fused-ring (bicyclic) bond motifs is 1. The van der Waals surface area contributed by atoms with Gasteiger partial charge in [-0.2, -0.15) is 0 Å². The summed E-state index contributed by atoms with van der Waals surface area (Å²) in [5.41, 5.74) is 1.52. The summed E-state index contributed by atoms with van der Waals surface area (Å²) in [4.78, 5) is 28.8. The highest BCUT2D eigenvalue weighted by molar-refractivity contribution is 5.98. The lowest BCUT2D eigenvalue weighted by atomic mass is 9.78. The van der Waals surface area contributed by atoms with Gasteiger partial charge >= 0.3 is 6.03 Å². The first-order chi connectivity index (χ1) is 11.7. The third-order valence-electron chi connectivity index (χ3n) is 5.77. The Balaban J connectivity index is 1.56. The summed E-state index contributed by atoms with van der Waals surface area (Å²) in [7, 11) is 0. The van der Waals surface area contributed by atoms with Gasteiger partial charge < -0.3 is 10.2 Å². The van der Waals surface area contributed by atoms with Crippen LogP contribution in [0.2, 0.25) is 0 Å². The number of likely N-dealkylation sites (tertiary alicyclic amines) is 1. The number of nitrogens with zero attached hydrogens (tertiary/aromatic N) is 2. The van der Waals surface area contributed by atoms with E-state index in [1.165, 1.54) is 25.7 Å². The normalized spacial score (nSPS) is 26.9. The number of anilines is 1. The summed E-state index contributed by atoms with van der Waals surface area (Å²) < 4.78 is 0. The SMILES string of the molecule is O=C1NCCN1c1cccc(C(=O)N2CCC[C@H]3CCCC[C@H]32)c1. The third kappa shape index (κ3) is 2.76. The zero-order chi connectivity index (χ0) is 16.5. The van der Waals surface area contributed by atoms with Gasteiger partial charge in [-0.3, -0.25) is 9.69 Å². The summed E-state index contributed by atoms with van der Waals surface area (Å²) in [5.74, 6) is 0.817. The van der Waals surface area contributed by atoms with Crippen molar-refractivity contribution in [3.05, 3.63) is 29.8 Å². The van der Waals surface area contributed by atoms with Crippen LogP contribution in [0.15, 0.2) is 24.3 Å². The number of rotatable bonds is 2. The van der Waals surface area contributed by atoms with Crippen molar-refractivity contribution in [2.24, 2.45) is 5.92 Å². The number of hydrogen-bond acceptors (Lipinski definition) is 2. The van der Waals surface area contributed by atoms with Crippen molar-refractivity contribution < 1.29 is 9.59 Å². The molecule has 0 aromatic heterocycles. The Morgan fingerprint density at radius 2 is 1.92 bits per heavy atom. The minimum absolute atomic E-state index is 0.0788. The Bertz CT molecular complexity index is 643. The van der Waals surface area contributed by atoms with Crippen LogP contribution in [0.1, 0.15) is 48.9 Å². The topological polar surface area (TPSA) is 52.7 Å². The van der Waals surface area contributed by atoms with Gasteiger partial charge in [0.1, 0.15) is 0 Å². The van der Waals surface area contributed by atoms with Crippen molar-refractivity contribution in [2.75, 3.05) is 24.5 Å². The molecule has 1 N–H and O–H groups in total. The molecular weight excluding hydrogens is 302 g/mol. The number of carbonyl (C=O) groups is 2. The average Bonchev–Trinajstić information content (AvgIpc) is 3.07. The highest BCUT2D eigenvalue weighted by Gasteiger charge is 2.36. The number of benzene rings is 1. The first-order valence-corrected chi connectivity index (χ1v) is 9.20.